The van der Waals surface area contributed by atoms with Crippen LogP contribution in [0.4, 0.5) is 5.69 Å². The van der Waals surface area contributed by atoms with Crippen molar-refractivity contribution in [3.63, 3.8) is 0 Å². The van der Waals surface area contributed by atoms with Gasteiger partial charge in [0.15, 0.2) is 0 Å². The standard InChI is InChI=1S/C15H20N2O2/c1-19-7-3-6-17-13-5-2-4-11-12(16)8-10(15(11)13)9-14(17)18/h2,4-5,10,12H,3,6-9,16H2,1H3. The van der Waals surface area contributed by atoms with Crippen molar-refractivity contribution >= 4 is 11.6 Å². The number of carbonyl (C=O) groups is 1. The maximum Gasteiger partial charge on any atom is 0.227 e. The fourth-order valence-electron chi connectivity index (χ4n) is 3.38. The minimum Gasteiger partial charge on any atom is -0.385 e. The van der Waals surface area contributed by atoms with Crippen LogP contribution in [0.15, 0.2) is 18.2 Å². The number of benzene rings is 1. The Kier molecular flexibility index (Phi) is 3.29. The lowest BCUT2D eigenvalue weighted by molar-refractivity contribution is -0.119. The quantitative estimate of drug-likeness (QED) is 0.842. The van der Waals surface area contributed by atoms with Gasteiger partial charge in [-0.25, -0.2) is 0 Å². The van der Waals surface area contributed by atoms with Crippen LogP contribution in [-0.2, 0) is 9.53 Å². The van der Waals surface area contributed by atoms with Gasteiger partial charge in [-0.05, 0) is 36.0 Å². The highest BCUT2D eigenvalue weighted by Gasteiger charge is 2.38. The number of amides is 1. The lowest BCUT2D eigenvalue weighted by Gasteiger charge is -2.32. The molecule has 4 nitrogen and oxygen atoms in total. The number of hydrogen-bond donors (Lipinski definition) is 1. The molecule has 0 aromatic heterocycles. The number of nitrogens with two attached hydrogens (primary N) is 1. The van der Waals surface area contributed by atoms with Crippen molar-refractivity contribution < 1.29 is 9.53 Å². The zero-order valence-electron chi connectivity index (χ0n) is 11.3. The second-order valence-corrected chi connectivity index (χ2v) is 5.42. The summed E-state index contributed by atoms with van der Waals surface area (Å²) in [5.41, 5.74) is 9.78. The molecule has 0 saturated heterocycles. The normalized spacial score (nSPS) is 24.7. The number of hydrogen-bond acceptors (Lipinski definition) is 3. The van der Waals surface area contributed by atoms with Gasteiger partial charge in [-0.15, -0.1) is 0 Å². The van der Waals surface area contributed by atoms with Gasteiger partial charge in [-0.3, -0.25) is 4.79 Å². The van der Waals surface area contributed by atoms with Gasteiger partial charge in [-0.1, -0.05) is 12.1 Å². The van der Waals surface area contributed by atoms with Gasteiger partial charge in [0.05, 0.1) is 0 Å². The van der Waals surface area contributed by atoms with Crippen molar-refractivity contribution in [3.05, 3.63) is 29.3 Å². The third-order valence-corrected chi connectivity index (χ3v) is 4.21. The molecule has 1 aliphatic carbocycles. The van der Waals surface area contributed by atoms with E-state index in [9.17, 15) is 4.79 Å². The highest BCUT2D eigenvalue weighted by molar-refractivity contribution is 5.97. The largest absolute Gasteiger partial charge is 0.385 e. The minimum atomic E-state index is 0.0895. The molecule has 102 valence electrons. The van der Waals surface area contributed by atoms with E-state index in [2.05, 4.69) is 6.07 Å². The van der Waals surface area contributed by atoms with Crippen LogP contribution in [0.2, 0.25) is 0 Å². The summed E-state index contributed by atoms with van der Waals surface area (Å²) in [6, 6.07) is 6.25. The van der Waals surface area contributed by atoms with E-state index in [4.69, 9.17) is 10.5 Å². The summed E-state index contributed by atoms with van der Waals surface area (Å²) in [6.07, 6.45) is 2.37. The number of nitrogens with zero attached hydrogens (tertiary/aromatic N) is 1. The fourth-order valence-corrected chi connectivity index (χ4v) is 3.38. The molecule has 1 aromatic rings. The summed E-state index contributed by atoms with van der Waals surface area (Å²) in [5, 5.41) is 0. The van der Waals surface area contributed by atoms with Gasteiger partial charge >= 0.3 is 0 Å². The Morgan fingerprint density at radius 2 is 2.32 bits per heavy atom. The monoisotopic (exact) mass is 260 g/mol. The summed E-state index contributed by atoms with van der Waals surface area (Å²) in [4.78, 5) is 14.2. The number of anilines is 1. The predicted molar refractivity (Wildman–Crippen MR) is 74.2 cm³/mol. The molecular formula is C15H20N2O2. The van der Waals surface area contributed by atoms with E-state index in [1.807, 2.05) is 17.0 Å². The highest BCUT2D eigenvalue weighted by Crippen LogP contribution is 2.48. The Morgan fingerprint density at radius 3 is 3.11 bits per heavy atom. The molecule has 2 atom stereocenters. The molecule has 1 heterocycles. The lowest BCUT2D eigenvalue weighted by atomic mass is 9.91. The molecule has 0 radical (unpaired) electrons. The van der Waals surface area contributed by atoms with Crippen LogP contribution in [0.5, 0.6) is 0 Å². The second kappa shape index (κ2) is 4.94. The molecule has 1 aromatic carbocycles. The summed E-state index contributed by atoms with van der Waals surface area (Å²) >= 11 is 0. The topological polar surface area (TPSA) is 55.6 Å². The molecular weight excluding hydrogens is 240 g/mol. The van der Waals surface area contributed by atoms with Gasteiger partial charge < -0.3 is 15.4 Å². The SMILES string of the molecule is COCCCN1C(=O)CC2CC(N)c3cccc1c32. The maximum atomic E-state index is 12.3. The Morgan fingerprint density at radius 1 is 1.47 bits per heavy atom. The molecule has 2 unspecified atom stereocenters. The van der Waals surface area contributed by atoms with E-state index in [1.165, 1.54) is 11.1 Å². The summed E-state index contributed by atoms with van der Waals surface area (Å²) in [5.74, 6) is 0.548. The fraction of sp³-hybridized carbons (Fsp3) is 0.533. The minimum absolute atomic E-state index is 0.0895. The molecule has 19 heavy (non-hydrogen) atoms. The van der Waals surface area contributed by atoms with Crippen molar-refractivity contribution in [2.75, 3.05) is 25.2 Å². The number of rotatable bonds is 4. The van der Waals surface area contributed by atoms with Crippen molar-refractivity contribution in [2.45, 2.75) is 31.2 Å². The first-order valence-electron chi connectivity index (χ1n) is 6.90. The molecule has 4 heteroatoms. The van der Waals surface area contributed by atoms with E-state index in [1.54, 1.807) is 7.11 Å². The first kappa shape index (κ1) is 12.6. The van der Waals surface area contributed by atoms with E-state index in [0.717, 1.165) is 25.1 Å². The van der Waals surface area contributed by atoms with E-state index in [-0.39, 0.29) is 11.9 Å². The van der Waals surface area contributed by atoms with Crippen LogP contribution >= 0.6 is 0 Å². The Hall–Kier alpha value is -1.39. The molecule has 0 spiro atoms. The number of methoxy groups -OCH3 is 1. The molecule has 1 amide bonds. The zero-order valence-corrected chi connectivity index (χ0v) is 11.3. The molecule has 2 N–H and O–H groups in total. The summed E-state index contributed by atoms with van der Waals surface area (Å²) in [7, 11) is 1.69. The van der Waals surface area contributed by atoms with Gasteiger partial charge in [0.2, 0.25) is 5.91 Å². The van der Waals surface area contributed by atoms with Crippen LogP contribution < -0.4 is 10.6 Å². The molecule has 2 aliphatic rings. The average Bonchev–Trinajstić information content (AvgIpc) is 2.71. The van der Waals surface area contributed by atoms with Gasteiger partial charge in [0.25, 0.3) is 0 Å². The van der Waals surface area contributed by atoms with E-state index < -0.39 is 0 Å². The first-order valence-corrected chi connectivity index (χ1v) is 6.90. The molecule has 0 saturated carbocycles. The Balaban J connectivity index is 1.93. The third-order valence-electron chi connectivity index (χ3n) is 4.21. The maximum absolute atomic E-state index is 12.3. The summed E-state index contributed by atoms with van der Waals surface area (Å²) in [6.45, 7) is 1.41. The summed E-state index contributed by atoms with van der Waals surface area (Å²) < 4.78 is 5.07. The first-order chi connectivity index (χ1) is 9.22. The average molecular weight is 260 g/mol. The van der Waals surface area contributed by atoms with Crippen molar-refractivity contribution in [1.82, 2.24) is 0 Å². The molecule has 0 bridgehead atoms. The van der Waals surface area contributed by atoms with Crippen LogP contribution in [0, 0.1) is 0 Å². The van der Waals surface area contributed by atoms with Gasteiger partial charge in [-0.2, -0.15) is 0 Å². The number of ether oxygens (including phenoxy) is 1. The molecule has 1 aliphatic heterocycles. The Bertz CT molecular complexity index is 501. The van der Waals surface area contributed by atoms with E-state index in [0.29, 0.717) is 18.9 Å². The van der Waals surface area contributed by atoms with Gasteiger partial charge in [0.1, 0.15) is 0 Å². The van der Waals surface area contributed by atoms with E-state index >= 15 is 0 Å². The van der Waals surface area contributed by atoms with Crippen molar-refractivity contribution in [3.8, 4) is 0 Å². The molecule has 3 rings (SSSR count). The van der Waals surface area contributed by atoms with Gasteiger partial charge in [0, 0.05) is 38.4 Å². The third kappa shape index (κ3) is 2.05. The zero-order chi connectivity index (χ0) is 13.4. The smallest absolute Gasteiger partial charge is 0.227 e. The molecule has 0 fully saturated rings. The highest BCUT2D eigenvalue weighted by atomic mass is 16.5. The van der Waals surface area contributed by atoms with Crippen molar-refractivity contribution in [2.24, 2.45) is 5.73 Å². The lowest BCUT2D eigenvalue weighted by Crippen LogP contribution is -2.37. The van der Waals surface area contributed by atoms with Crippen LogP contribution in [0.25, 0.3) is 0 Å². The van der Waals surface area contributed by atoms with Crippen LogP contribution in [0.3, 0.4) is 0 Å². The van der Waals surface area contributed by atoms with Crippen molar-refractivity contribution in [1.29, 1.82) is 0 Å². The number of carbonyl (C=O) groups excluding carboxylic acids is 1. The second-order valence-electron chi connectivity index (χ2n) is 5.42. The Labute approximate surface area is 113 Å². The predicted octanol–water partition coefficient (Wildman–Crippen LogP) is 1.95. The van der Waals surface area contributed by atoms with Crippen LogP contribution in [-0.4, -0.2) is 26.2 Å². The van der Waals surface area contributed by atoms with Crippen LogP contribution in [0.1, 0.15) is 42.3 Å².